The maximum absolute atomic E-state index is 12.5. The van der Waals surface area contributed by atoms with Crippen LogP contribution < -0.4 is 5.32 Å². The zero-order chi connectivity index (χ0) is 18.8. The minimum Gasteiger partial charge on any atom is -0.451 e. The zero-order valence-corrected chi connectivity index (χ0v) is 15.5. The highest BCUT2D eigenvalue weighted by Gasteiger charge is 2.17. The van der Waals surface area contributed by atoms with Gasteiger partial charge in [-0.05, 0) is 49.2 Å². The van der Waals surface area contributed by atoms with E-state index in [0.29, 0.717) is 29.3 Å². The molecule has 5 nitrogen and oxygen atoms in total. The van der Waals surface area contributed by atoms with Crippen LogP contribution in [-0.4, -0.2) is 22.2 Å². The number of amides is 1. The first-order valence-corrected chi connectivity index (χ1v) is 9.05. The van der Waals surface area contributed by atoms with Crippen LogP contribution in [0.1, 0.15) is 21.7 Å². The Labute approximate surface area is 161 Å². The van der Waals surface area contributed by atoms with E-state index in [4.69, 9.17) is 16.0 Å². The van der Waals surface area contributed by atoms with Crippen molar-refractivity contribution in [3.8, 4) is 5.69 Å². The third-order valence-corrected chi connectivity index (χ3v) is 4.70. The first kappa shape index (κ1) is 17.4. The number of fused-ring (bicyclic) bond motifs is 1. The summed E-state index contributed by atoms with van der Waals surface area (Å²) in [6.07, 6.45) is 4.47. The molecule has 136 valence electrons. The van der Waals surface area contributed by atoms with Crippen molar-refractivity contribution in [2.45, 2.75) is 13.3 Å². The van der Waals surface area contributed by atoms with Gasteiger partial charge in [0.25, 0.3) is 5.91 Å². The van der Waals surface area contributed by atoms with E-state index in [-0.39, 0.29) is 5.91 Å². The fraction of sp³-hybridized carbons (Fsp3) is 0.143. The predicted octanol–water partition coefficient (Wildman–Crippen LogP) is 4.55. The number of carbonyl (C=O) groups excluding carboxylic acids is 1. The third kappa shape index (κ3) is 3.59. The fourth-order valence-corrected chi connectivity index (χ4v) is 3.19. The molecular weight excluding hydrogens is 362 g/mol. The highest BCUT2D eigenvalue weighted by molar-refractivity contribution is 6.31. The van der Waals surface area contributed by atoms with Gasteiger partial charge in [-0.2, -0.15) is 5.10 Å². The Morgan fingerprint density at radius 2 is 2.04 bits per heavy atom. The predicted molar refractivity (Wildman–Crippen MR) is 106 cm³/mol. The maximum Gasteiger partial charge on any atom is 0.287 e. The molecular formula is C21H18ClN3O2. The summed E-state index contributed by atoms with van der Waals surface area (Å²) in [5, 5.41) is 8.75. The summed E-state index contributed by atoms with van der Waals surface area (Å²) in [6, 6.07) is 15.2. The molecule has 0 saturated heterocycles. The Balaban J connectivity index is 1.40. The molecule has 0 aliphatic heterocycles. The lowest BCUT2D eigenvalue weighted by Gasteiger charge is -2.03. The van der Waals surface area contributed by atoms with Gasteiger partial charge in [0.05, 0.1) is 11.9 Å². The van der Waals surface area contributed by atoms with Gasteiger partial charge in [-0.3, -0.25) is 4.79 Å². The summed E-state index contributed by atoms with van der Waals surface area (Å²) in [5.74, 6) is 0.0996. The fourth-order valence-electron chi connectivity index (χ4n) is 3.02. The zero-order valence-electron chi connectivity index (χ0n) is 14.8. The van der Waals surface area contributed by atoms with Crippen LogP contribution in [0.15, 0.2) is 65.3 Å². The van der Waals surface area contributed by atoms with E-state index in [1.54, 1.807) is 12.1 Å². The normalized spacial score (nSPS) is 11.0. The number of aromatic nitrogens is 2. The maximum atomic E-state index is 12.5. The second-order valence-corrected chi connectivity index (χ2v) is 6.77. The standard InChI is InChI=1S/C21H18ClN3O2/c1-14-18-11-16(22)7-8-19(18)27-20(14)21(26)23-10-9-15-12-24-25(13-15)17-5-3-2-4-6-17/h2-8,11-13H,9-10H2,1H3,(H,23,26). The average Bonchev–Trinajstić information content (AvgIpc) is 3.28. The quantitative estimate of drug-likeness (QED) is 0.553. The van der Waals surface area contributed by atoms with Crippen molar-refractivity contribution in [3.63, 3.8) is 0 Å². The number of carbonyl (C=O) groups is 1. The number of aryl methyl sites for hydroxylation is 1. The smallest absolute Gasteiger partial charge is 0.287 e. The first-order chi connectivity index (χ1) is 13.1. The lowest BCUT2D eigenvalue weighted by atomic mass is 10.1. The number of hydrogen-bond donors (Lipinski definition) is 1. The van der Waals surface area contributed by atoms with Gasteiger partial charge in [0, 0.05) is 28.7 Å². The summed E-state index contributed by atoms with van der Waals surface area (Å²) in [6.45, 7) is 2.36. The summed E-state index contributed by atoms with van der Waals surface area (Å²) < 4.78 is 7.52. The lowest BCUT2D eigenvalue weighted by Crippen LogP contribution is -2.25. The summed E-state index contributed by atoms with van der Waals surface area (Å²) in [4.78, 5) is 12.5. The molecule has 1 N–H and O–H groups in total. The summed E-state index contributed by atoms with van der Waals surface area (Å²) >= 11 is 6.03. The van der Waals surface area contributed by atoms with Gasteiger partial charge in [-0.1, -0.05) is 29.8 Å². The van der Waals surface area contributed by atoms with Crippen LogP contribution >= 0.6 is 11.6 Å². The van der Waals surface area contributed by atoms with Gasteiger partial charge in [-0.15, -0.1) is 0 Å². The summed E-state index contributed by atoms with van der Waals surface area (Å²) in [5.41, 5.74) is 3.50. The second-order valence-electron chi connectivity index (χ2n) is 6.33. The van der Waals surface area contributed by atoms with E-state index < -0.39 is 0 Å². The van der Waals surface area contributed by atoms with E-state index in [1.165, 1.54) is 0 Å². The Bertz CT molecular complexity index is 1100. The molecule has 0 aliphatic carbocycles. The van der Waals surface area contributed by atoms with Gasteiger partial charge in [0.2, 0.25) is 0 Å². The van der Waals surface area contributed by atoms with Crippen molar-refractivity contribution in [2.24, 2.45) is 0 Å². The molecule has 4 aromatic rings. The van der Waals surface area contributed by atoms with Crippen LogP contribution in [0, 0.1) is 6.92 Å². The number of benzene rings is 2. The Hall–Kier alpha value is -3.05. The van der Waals surface area contributed by atoms with Crippen molar-refractivity contribution in [1.82, 2.24) is 15.1 Å². The monoisotopic (exact) mass is 379 g/mol. The number of nitrogens with zero attached hydrogens (tertiary/aromatic N) is 2. The van der Waals surface area contributed by atoms with Gasteiger partial charge in [0.1, 0.15) is 5.58 Å². The van der Waals surface area contributed by atoms with Gasteiger partial charge in [0.15, 0.2) is 5.76 Å². The van der Waals surface area contributed by atoms with E-state index >= 15 is 0 Å². The SMILES string of the molecule is Cc1c(C(=O)NCCc2cnn(-c3ccccc3)c2)oc2ccc(Cl)cc12. The first-order valence-electron chi connectivity index (χ1n) is 8.67. The molecule has 1 amide bonds. The molecule has 0 unspecified atom stereocenters. The molecule has 2 aromatic carbocycles. The van der Waals surface area contributed by atoms with E-state index in [1.807, 2.05) is 60.4 Å². The van der Waals surface area contributed by atoms with Crippen LogP contribution in [0.25, 0.3) is 16.7 Å². The van der Waals surface area contributed by atoms with Crippen molar-refractivity contribution < 1.29 is 9.21 Å². The average molecular weight is 380 g/mol. The Morgan fingerprint density at radius 1 is 1.22 bits per heavy atom. The van der Waals surface area contributed by atoms with Gasteiger partial charge < -0.3 is 9.73 Å². The molecule has 4 rings (SSSR count). The number of furan rings is 1. The van der Waals surface area contributed by atoms with Gasteiger partial charge in [-0.25, -0.2) is 4.68 Å². The molecule has 0 aliphatic rings. The van der Waals surface area contributed by atoms with Gasteiger partial charge >= 0.3 is 0 Å². The van der Waals surface area contributed by atoms with Crippen molar-refractivity contribution >= 4 is 28.5 Å². The van der Waals surface area contributed by atoms with Crippen LogP contribution in [0.4, 0.5) is 0 Å². The number of para-hydroxylation sites is 1. The number of rotatable bonds is 5. The third-order valence-electron chi connectivity index (χ3n) is 4.46. The second kappa shape index (κ2) is 7.29. The molecule has 0 radical (unpaired) electrons. The molecule has 0 atom stereocenters. The molecule has 0 saturated carbocycles. The number of halogens is 1. The lowest BCUT2D eigenvalue weighted by molar-refractivity contribution is 0.0928. The number of hydrogen-bond acceptors (Lipinski definition) is 3. The van der Waals surface area contributed by atoms with Crippen molar-refractivity contribution in [2.75, 3.05) is 6.54 Å². The molecule has 0 spiro atoms. The summed E-state index contributed by atoms with van der Waals surface area (Å²) in [7, 11) is 0. The Kier molecular flexibility index (Phi) is 4.69. The van der Waals surface area contributed by atoms with Crippen LogP contribution in [0.3, 0.4) is 0 Å². The minimum atomic E-state index is -0.227. The molecule has 6 heteroatoms. The molecule has 2 aromatic heterocycles. The number of nitrogens with one attached hydrogen (secondary N) is 1. The highest BCUT2D eigenvalue weighted by atomic mass is 35.5. The van der Waals surface area contributed by atoms with Crippen LogP contribution in [0.2, 0.25) is 5.02 Å². The largest absolute Gasteiger partial charge is 0.451 e. The minimum absolute atomic E-state index is 0.227. The molecule has 0 bridgehead atoms. The van der Waals surface area contributed by atoms with E-state index in [9.17, 15) is 4.79 Å². The van der Waals surface area contributed by atoms with E-state index in [2.05, 4.69) is 10.4 Å². The molecule has 27 heavy (non-hydrogen) atoms. The topological polar surface area (TPSA) is 60.1 Å². The van der Waals surface area contributed by atoms with Crippen molar-refractivity contribution in [1.29, 1.82) is 0 Å². The molecule has 0 fully saturated rings. The molecule has 2 heterocycles. The van der Waals surface area contributed by atoms with Crippen LogP contribution in [-0.2, 0) is 6.42 Å². The van der Waals surface area contributed by atoms with E-state index in [0.717, 1.165) is 22.2 Å². The highest BCUT2D eigenvalue weighted by Crippen LogP contribution is 2.27. The Morgan fingerprint density at radius 3 is 2.85 bits per heavy atom. The van der Waals surface area contributed by atoms with Crippen LogP contribution in [0.5, 0.6) is 0 Å². The van der Waals surface area contributed by atoms with Crippen molar-refractivity contribution in [3.05, 3.63) is 82.8 Å².